The van der Waals surface area contributed by atoms with Gasteiger partial charge in [-0.25, -0.2) is 0 Å². The molecule has 0 unspecified atom stereocenters. The number of hydrogen-bond donors (Lipinski definition) is 0. The van der Waals surface area contributed by atoms with E-state index < -0.39 is 0 Å². The zero-order valence-corrected chi connectivity index (χ0v) is 17.5. The van der Waals surface area contributed by atoms with Gasteiger partial charge in [-0.15, -0.1) is 0 Å². The van der Waals surface area contributed by atoms with Gasteiger partial charge in [0.2, 0.25) is 0 Å². The minimum Gasteiger partial charge on any atom is -0.494 e. The van der Waals surface area contributed by atoms with Crippen LogP contribution < -0.4 is 4.74 Å². The largest absolute Gasteiger partial charge is 0.494 e. The smallest absolute Gasteiger partial charge is 0.270 e. The monoisotopic (exact) mass is 391 g/mol. The Morgan fingerprint density at radius 2 is 1.76 bits per heavy atom. The molecule has 5 nitrogen and oxygen atoms in total. The van der Waals surface area contributed by atoms with Gasteiger partial charge in [0.15, 0.2) is 0 Å². The van der Waals surface area contributed by atoms with Gasteiger partial charge in [-0.2, -0.15) is 0 Å². The third kappa shape index (κ3) is 4.01. The number of fused-ring (bicyclic) bond motifs is 1. The van der Waals surface area contributed by atoms with E-state index in [1.54, 1.807) is 0 Å². The Balaban J connectivity index is 1.39. The van der Waals surface area contributed by atoms with Gasteiger partial charge >= 0.3 is 0 Å². The number of hydrogen-bond acceptors (Lipinski definition) is 3. The summed E-state index contributed by atoms with van der Waals surface area (Å²) in [6.07, 6.45) is 0. The van der Waals surface area contributed by atoms with Gasteiger partial charge in [-0.1, -0.05) is 24.3 Å². The minimum atomic E-state index is 0.129. The van der Waals surface area contributed by atoms with Gasteiger partial charge in [0, 0.05) is 50.7 Å². The van der Waals surface area contributed by atoms with Gasteiger partial charge in [0.25, 0.3) is 5.91 Å². The normalized spacial score (nSPS) is 15.1. The second-order valence-electron chi connectivity index (χ2n) is 7.74. The van der Waals surface area contributed by atoms with Crippen molar-refractivity contribution in [3.8, 4) is 5.75 Å². The van der Waals surface area contributed by atoms with E-state index in [0.29, 0.717) is 6.61 Å². The fraction of sp³-hybridized carbons (Fsp3) is 0.375. The number of amides is 1. The summed E-state index contributed by atoms with van der Waals surface area (Å²) in [5, 5.41) is 1.16. The van der Waals surface area contributed by atoms with Crippen LogP contribution in [0.1, 0.15) is 28.5 Å². The molecule has 0 saturated carbocycles. The van der Waals surface area contributed by atoms with E-state index in [0.717, 1.165) is 55.1 Å². The van der Waals surface area contributed by atoms with Crippen molar-refractivity contribution in [2.75, 3.05) is 32.8 Å². The molecule has 1 aliphatic rings. The number of piperazine rings is 1. The van der Waals surface area contributed by atoms with Crippen LogP contribution in [0.25, 0.3) is 10.9 Å². The second-order valence-corrected chi connectivity index (χ2v) is 7.74. The van der Waals surface area contributed by atoms with E-state index in [1.165, 1.54) is 11.1 Å². The van der Waals surface area contributed by atoms with E-state index >= 15 is 0 Å². The zero-order chi connectivity index (χ0) is 20.4. The van der Waals surface area contributed by atoms with Gasteiger partial charge in [-0.05, 0) is 49.2 Å². The third-order valence-corrected chi connectivity index (χ3v) is 5.82. The molecule has 0 N–H and O–H groups in total. The molecule has 29 heavy (non-hydrogen) atoms. The highest BCUT2D eigenvalue weighted by Gasteiger charge is 2.24. The standard InChI is InChI=1S/C24H29N3O2/c1-4-29-20-10-8-19(9-11-20)17-26-12-14-27(15-13-26)24(28)23-16-21-18(2)6-5-7-22(21)25(23)3/h5-11,16H,4,12-15,17H2,1-3H3. The van der Waals surface area contributed by atoms with Gasteiger partial charge in [0.05, 0.1) is 6.61 Å². The lowest BCUT2D eigenvalue weighted by atomic mass is 10.1. The second kappa shape index (κ2) is 8.29. The maximum absolute atomic E-state index is 13.1. The topological polar surface area (TPSA) is 37.7 Å². The van der Waals surface area contributed by atoms with Crippen molar-refractivity contribution >= 4 is 16.8 Å². The summed E-state index contributed by atoms with van der Waals surface area (Å²) < 4.78 is 7.54. The molecular weight excluding hydrogens is 362 g/mol. The first kappa shape index (κ1) is 19.5. The summed E-state index contributed by atoms with van der Waals surface area (Å²) in [6, 6.07) is 16.6. The lowest BCUT2D eigenvalue weighted by molar-refractivity contribution is 0.0619. The highest BCUT2D eigenvalue weighted by molar-refractivity contribution is 5.99. The Hall–Kier alpha value is -2.79. The van der Waals surface area contributed by atoms with Crippen molar-refractivity contribution < 1.29 is 9.53 Å². The molecule has 3 aromatic rings. The number of rotatable bonds is 5. The Labute approximate surface area is 172 Å². The van der Waals surface area contributed by atoms with E-state index in [2.05, 4.69) is 36.1 Å². The van der Waals surface area contributed by atoms with Crippen molar-refractivity contribution in [3.63, 3.8) is 0 Å². The molecule has 1 aliphatic heterocycles. The molecule has 0 bridgehead atoms. The van der Waals surface area contributed by atoms with Gasteiger partial charge in [-0.3, -0.25) is 9.69 Å². The van der Waals surface area contributed by atoms with Crippen LogP contribution in [0.2, 0.25) is 0 Å². The van der Waals surface area contributed by atoms with Crippen molar-refractivity contribution in [2.45, 2.75) is 20.4 Å². The number of carbonyl (C=O) groups is 1. The predicted molar refractivity (Wildman–Crippen MR) is 116 cm³/mol. The van der Waals surface area contributed by atoms with Crippen LogP contribution in [-0.4, -0.2) is 53.1 Å². The first-order valence-corrected chi connectivity index (χ1v) is 10.3. The number of benzene rings is 2. The van der Waals surface area contributed by atoms with E-state index in [4.69, 9.17) is 4.74 Å². The fourth-order valence-electron chi connectivity index (χ4n) is 4.10. The Morgan fingerprint density at radius 3 is 2.41 bits per heavy atom. The Kier molecular flexibility index (Phi) is 5.58. The van der Waals surface area contributed by atoms with Crippen LogP contribution in [0.3, 0.4) is 0 Å². The highest BCUT2D eigenvalue weighted by Crippen LogP contribution is 2.23. The molecule has 0 atom stereocenters. The molecule has 0 radical (unpaired) electrons. The molecule has 152 valence electrons. The zero-order valence-electron chi connectivity index (χ0n) is 17.5. The summed E-state index contributed by atoms with van der Waals surface area (Å²) in [5.74, 6) is 1.04. The first-order valence-electron chi connectivity index (χ1n) is 10.3. The molecule has 5 heteroatoms. The van der Waals surface area contributed by atoms with E-state index in [9.17, 15) is 4.79 Å². The predicted octanol–water partition coefficient (Wildman–Crippen LogP) is 3.84. The summed E-state index contributed by atoms with van der Waals surface area (Å²) in [7, 11) is 1.98. The third-order valence-electron chi connectivity index (χ3n) is 5.82. The lowest BCUT2D eigenvalue weighted by Crippen LogP contribution is -2.48. The van der Waals surface area contributed by atoms with Crippen LogP contribution >= 0.6 is 0 Å². The molecular formula is C24H29N3O2. The number of ether oxygens (including phenoxy) is 1. The van der Waals surface area contributed by atoms with Crippen LogP contribution in [0.15, 0.2) is 48.5 Å². The summed E-state index contributed by atoms with van der Waals surface area (Å²) in [6.45, 7) is 8.98. The summed E-state index contributed by atoms with van der Waals surface area (Å²) in [5.41, 5.74) is 4.37. The Bertz CT molecular complexity index is 999. The van der Waals surface area contributed by atoms with E-state index in [-0.39, 0.29) is 5.91 Å². The number of nitrogens with zero attached hydrogens (tertiary/aromatic N) is 3. The maximum Gasteiger partial charge on any atom is 0.270 e. The summed E-state index contributed by atoms with van der Waals surface area (Å²) >= 11 is 0. The van der Waals surface area contributed by atoms with E-state index in [1.807, 2.05) is 47.7 Å². The minimum absolute atomic E-state index is 0.129. The van der Waals surface area contributed by atoms with Gasteiger partial charge < -0.3 is 14.2 Å². The molecule has 1 aromatic heterocycles. The molecule has 2 aromatic carbocycles. The van der Waals surface area contributed by atoms with Crippen LogP contribution in [-0.2, 0) is 13.6 Å². The van der Waals surface area contributed by atoms with Crippen molar-refractivity contribution in [1.29, 1.82) is 0 Å². The average Bonchev–Trinajstić information content (AvgIpc) is 3.08. The summed E-state index contributed by atoms with van der Waals surface area (Å²) in [4.78, 5) is 17.5. The van der Waals surface area contributed by atoms with Gasteiger partial charge in [0.1, 0.15) is 11.4 Å². The van der Waals surface area contributed by atoms with Crippen LogP contribution in [0.5, 0.6) is 5.75 Å². The SMILES string of the molecule is CCOc1ccc(CN2CCN(C(=O)c3cc4c(C)cccc4n3C)CC2)cc1. The lowest BCUT2D eigenvalue weighted by Gasteiger charge is -2.34. The molecule has 0 spiro atoms. The highest BCUT2D eigenvalue weighted by atomic mass is 16.5. The van der Waals surface area contributed by atoms with Crippen molar-refractivity contribution in [2.24, 2.45) is 7.05 Å². The number of aryl methyl sites for hydroxylation is 2. The maximum atomic E-state index is 13.1. The molecule has 0 aliphatic carbocycles. The molecule has 1 fully saturated rings. The Morgan fingerprint density at radius 1 is 1.03 bits per heavy atom. The quantitative estimate of drug-likeness (QED) is 0.663. The molecule has 1 amide bonds. The molecule has 1 saturated heterocycles. The fourth-order valence-corrected chi connectivity index (χ4v) is 4.10. The molecule has 2 heterocycles. The molecule has 4 rings (SSSR count). The van der Waals surface area contributed by atoms with Crippen molar-refractivity contribution in [1.82, 2.24) is 14.4 Å². The van der Waals surface area contributed by atoms with Crippen LogP contribution in [0.4, 0.5) is 0 Å². The van der Waals surface area contributed by atoms with Crippen molar-refractivity contribution in [3.05, 3.63) is 65.4 Å². The first-order chi connectivity index (χ1) is 14.1. The van der Waals surface area contributed by atoms with Crippen LogP contribution in [0, 0.1) is 6.92 Å². The average molecular weight is 392 g/mol. The number of carbonyl (C=O) groups excluding carboxylic acids is 1. The number of aromatic nitrogens is 1.